The Bertz CT molecular complexity index is 402. The van der Waals surface area contributed by atoms with E-state index < -0.39 is 17.7 Å². The molecule has 2 nitrogen and oxygen atoms in total. The van der Waals surface area contributed by atoms with Gasteiger partial charge in [0.2, 0.25) is 0 Å². The number of benzene rings is 1. The zero-order valence-electron chi connectivity index (χ0n) is 8.27. The number of alkyl halides is 3. The quantitative estimate of drug-likeness (QED) is 0.756. The van der Waals surface area contributed by atoms with Crippen LogP contribution < -0.4 is 0 Å². The molecular weight excluding hydrogens is 245 g/mol. The van der Waals surface area contributed by atoms with Gasteiger partial charge in [0.05, 0.1) is 24.1 Å². The zero-order chi connectivity index (χ0) is 12.3. The molecule has 0 spiro atoms. The molecule has 0 amide bonds. The normalized spacial score (nSPS) is 11.3. The fourth-order valence-corrected chi connectivity index (χ4v) is 1.36. The summed E-state index contributed by atoms with van der Waals surface area (Å²) in [4.78, 5) is 10.9. The molecule has 0 aliphatic carbocycles. The Hall–Kier alpha value is -1.23. The van der Waals surface area contributed by atoms with Gasteiger partial charge in [0.15, 0.2) is 0 Å². The highest BCUT2D eigenvalue weighted by Crippen LogP contribution is 2.35. The van der Waals surface area contributed by atoms with Crippen LogP contribution in [0.2, 0.25) is 5.02 Å². The summed E-state index contributed by atoms with van der Waals surface area (Å²) in [6, 6.07) is 3.32. The molecule has 0 bridgehead atoms. The zero-order valence-corrected chi connectivity index (χ0v) is 9.02. The van der Waals surface area contributed by atoms with Gasteiger partial charge >= 0.3 is 12.1 Å². The molecule has 0 fully saturated rings. The minimum Gasteiger partial charge on any atom is -0.469 e. The van der Waals surface area contributed by atoms with Gasteiger partial charge in [-0.25, -0.2) is 0 Å². The summed E-state index contributed by atoms with van der Waals surface area (Å²) < 4.78 is 41.7. The number of methoxy groups -OCH3 is 1. The second-order valence-electron chi connectivity index (χ2n) is 3.06. The summed E-state index contributed by atoms with van der Waals surface area (Å²) in [5.41, 5.74) is -0.737. The van der Waals surface area contributed by atoms with Gasteiger partial charge < -0.3 is 4.74 Å². The SMILES string of the molecule is COC(=O)Cc1ccc(Cl)c(C(F)(F)F)c1. The van der Waals surface area contributed by atoms with Crippen LogP contribution in [0.15, 0.2) is 18.2 Å². The van der Waals surface area contributed by atoms with Gasteiger partial charge in [-0.05, 0) is 17.7 Å². The lowest BCUT2D eigenvalue weighted by molar-refractivity contribution is -0.140. The van der Waals surface area contributed by atoms with Crippen molar-refractivity contribution in [2.45, 2.75) is 12.6 Å². The van der Waals surface area contributed by atoms with Crippen LogP contribution in [0.3, 0.4) is 0 Å². The first-order valence-corrected chi connectivity index (χ1v) is 4.65. The third-order valence-electron chi connectivity index (χ3n) is 1.91. The van der Waals surface area contributed by atoms with Crippen molar-refractivity contribution in [1.29, 1.82) is 0 Å². The maximum atomic E-state index is 12.4. The van der Waals surface area contributed by atoms with Gasteiger partial charge in [0.25, 0.3) is 0 Å². The number of hydrogen-bond donors (Lipinski definition) is 0. The second-order valence-corrected chi connectivity index (χ2v) is 3.47. The number of halogens is 4. The molecule has 0 saturated carbocycles. The lowest BCUT2D eigenvalue weighted by atomic mass is 10.1. The van der Waals surface area contributed by atoms with Crippen LogP contribution in [-0.4, -0.2) is 13.1 Å². The van der Waals surface area contributed by atoms with E-state index in [1.54, 1.807) is 0 Å². The number of carbonyl (C=O) groups excluding carboxylic acids is 1. The minimum absolute atomic E-state index is 0.212. The smallest absolute Gasteiger partial charge is 0.417 e. The third kappa shape index (κ3) is 3.13. The molecule has 0 N–H and O–H groups in total. The van der Waals surface area contributed by atoms with Crippen LogP contribution in [0.4, 0.5) is 13.2 Å². The Balaban J connectivity index is 3.03. The monoisotopic (exact) mass is 252 g/mol. The number of esters is 1. The highest BCUT2D eigenvalue weighted by molar-refractivity contribution is 6.31. The maximum absolute atomic E-state index is 12.4. The van der Waals surface area contributed by atoms with E-state index in [4.69, 9.17) is 11.6 Å². The van der Waals surface area contributed by atoms with Crippen molar-refractivity contribution in [2.24, 2.45) is 0 Å². The Morgan fingerprint density at radius 2 is 2.06 bits per heavy atom. The lowest BCUT2D eigenvalue weighted by Crippen LogP contribution is -2.09. The first kappa shape index (κ1) is 12.8. The summed E-state index contributed by atoms with van der Waals surface area (Å²) in [6.07, 6.45) is -4.74. The summed E-state index contributed by atoms with van der Waals surface area (Å²) >= 11 is 5.42. The average molecular weight is 253 g/mol. The molecule has 0 saturated heterocycles. The largest absolute Gasteiger partial charge is 0.469 e. The van der Waals surface area contributed by atoms with E-state index in [1.165, 1.54) is 13.2 Å². The van der Waals surface area contributed by atoms with Gasteiger partial charge in [-0.2, -0.15) is 13.2 Å². The van der Waals surface area contributed by atoms with E-state index in [-0.39, 0.29) is 17.0 Å². The van der Waals surface area contributed by atoms with Crippen molar-refractivity contribution in [3.05, 3.63) is 34.3 Å². The molecule has 1 rings (SSSR count). The van der Waals surface area contributed by atoms with Crippen molar-refractivity contribution in [3.8, 4) is 0 Å². The first-order valence-electron chi connectivity index (χ1n) is 4.27. The molecule has 0 atom stereocenters. The topological polar surface area (TPSA) is 26.3 Å². The molecule has 88 valence electrons. The molecular formula is C10H8ClF3O2. The van der Waals surface area contributed by atoms with Crippen molar-refractivity contribution >= 4 is 17.6 Å². The molecule has 0 aliphatic rings. The maximum Gasteiger partial charge on any atom is 0.417 e. The molecule has 1 aromatic carbocycles. The summed E-state index contributed by atoms with van der Waals surface area (Å²) in [5.74, 6) is -0.601. The number of hydrogen-bond acceptors (Lipinski definition) is 2. The van der Waals surface area contributed by atoms with Crippen LogP contribution in [0.1, 0.15) is 11.1 Å². The van der Waals surface area contributed by atoms with Crippen LogP contribution in [-0.2, 0) is 22.1 Å². The molecule has 0 heterocycles. The van der Waals surface area contributed by atoms with Gasteiger partial charge in [-0.15, -0.1) is 0 Å². The van der Waals surface area contributed by atoms with Crippen LogP contribution in [0.25, 0.3) is 0 Å². The molecule has 0 radical (unpaired) electrons. The van der Waals surface area contributed by atoms with Crippen molar-refractivity contribution in [2.75, 3.05) is 7.11 Å². The van der Waals surface area contributed by atoms with E-state index in [0.29, 0.717) is 0 Å². The fourth-order valence-electron chi connectivity index (χ4n) is 1.14. The second kappa shape index (κ2) is 4.74. The van der Waals surface area contributed by atoms with Crippen molar-refractivity contribution in [1.82, 2.24) is 0 Å². The van der Waals surface area contributed by atoms with Gasteiger partial charge in [-0.3, -0.25) is 4.79 Å². The third-order valence-corrected chi connectivity index (χ3v) is 2.24. The van der Waals surface area contributed by atoms with Crippen LogP contribution in [0, 0.1) is 0 Å². The van der Waals surface area contributed by atoms with E-state index in [2.05, 4.69) is 4.74 Å². The molecule has 0 aromatic heterocycles. The van der Waals surface area contributed by atoms with Crippen LogP contribution in [0.5, 0.6) is 0 Å². The standard InChI is InChI=1S/C10H8ClF3O2/c1-16-9(15)5-6-2-3-8(11)7(4-6)10(12,13)14/h2-4H,5H2,1H3. The van der Waals surface area contributed by atoms with E-state index in [9.17, 15) is 18.0 Å². The van der Waals surface area contributed by atoms with Crippen molar-refractivity contribution < 1.29 is 22.7 Å². The Morgan fingerprint density at radius 3 is 2.56 bits per heavy atom. The molecule has 16 heavy (non-hydrogen) atoms. The highest BCUT2D eigenvalue weighted by atomic mass is 35.5. The molecule has 6 heteroatoms. The summed E-state index contributed by atoms with van der Waals surface area (Å²) in [5, 5.41) is -0.388. The van der Waals surface area contributed by atoms with Gasteiger partial charge in [-0.1, -0.05) is 17.7 Å². The van der Waals surface area contributed by atoms with Gasteiger partial charge in [0.1, 0.15) is 0 Å². The predicted molar refractivity (Wildman–Crippen MR) is 52.2 cm³/mol. The Labute approximate surface area is 95.0 Å². The van der Waals surface area contributed by atoms with Crippen molar-refractivity contribution in [3.63, 3.8) is 0 Å². The van der Waals surface area contributed by atoms with E-state index >= 15 is 0 Å². The van der Waals surface area contributed by atoms with E-state index in [1.807, 2.05) is 0 Å². The Morgan fingerprint density at radius 1 is 1.44 bits per heavy atom. The highest BCUT2D eigenvalue weighted by Gasteiger charge is 2.33. The number of rotatable bonds is 2. The summed E-state index contributed by atoms with van der Waals surface area (Å²) in [6.45, 7) is 0. The average Bonchev–Trinajstić information content (AvgIpc) is 2.19. The molecule has 0 unspecified atom stereocenters. The summed E-state index contributed by atoms with van der Waals surface area (Å²) in [7, 11) is 1.17. The molecule has 0 aliphatic heterocycles. The van der Waals surface area contributed by atoms with E-state index in [0.717, 1.165) is 12.1 Å². The molecule has 1 aromatic rings. The fraction of sp³-hybridized carbons (Fsp3) is 0.300. The Kier molecular flexibility index (Phi) is 3.80. The number of carbonyl (C=O) groups is 1. The lowest BCUT2D eigenvalue weighted by Gasteiger charge is -2.10. The minimum atomic E-state index is -4.52. The van der Waals surface area contributed by atoms with Crippen LogP contribution >= 0.6 is 11.6 Å². The van der Waals surface area contributed by atoms with Gasteiger partial charge in [0, 0.05) is 0 Å². The number of ether oxygens (including phenoxy) is 1. The first-order chi connectivity index (χ1) is 7.34. The predicted octanol–water partition coefficient (Wildman–Crippen LogP) is 3.07.